The molecule has 2 aromatic rings. The van der Waals surface area contributed by atoms with Crippen molar-refractivity contribution >= 4 is 17.0 Å². The van der Waals surface area contributed by atoms with Crippen molar-refractivity contribution in [2.24, 2.45) is 0 Å². The van der Waals surface area contributed by atoms with Gasteiger partial charge in [-0.3, -0.25) is 4.90 Å². The normalized spacial score (nSPS) is 15.4. The van der Waals surface area contributed by atoms with E-state index in [9.17, 15) is 8.78 Å². The minimum absolute atomic E-state index is 0.161. The molecular formula is C14H18F2N4. The predicted molar refractivity (Wildman–Crippen MR) is 74.3 cm³/mol. The average molecular weight is 280 g/mol. The molecule has 0 spiro atoms. The number of rotatable bonds is 5. The van der Waals surface area contributed by atoms with Crippen LogP contribution in [0.5, 0.6) is 0 Å². The van der Waals surface area contributed by atoms with E-state index in [0.717, 1.165) is 19.2 Å². The first-order valence-corrected chi connectivity index (χ1v) is 6.95. The van der Waals surface area contributed by atoms with Crippen molar-refractivity contribution in [3.05, 3.63) is 23.8 Å². The zero-order chi connectivity index (χ0) is 14.3. The summed E-state index contributed by atoms with van der Waals surface area (Å²) in [6.45, 7) is 4.35. The molecule has 0 amide bonds. The number of hydrogen-bond acceptors (Lipinski definition) is 3. The third-order valence-electron chi connectivity index (χ3n) is 3.91. The summed E-state index contributed by atoms with van der Waals surface area (Å²) in [7, 11) is 0. The van der Waals surface area contributed by atoms with Gasteiger partial charge in [-0.2, -0.15) is 0 Å². The lowest BCUT2D eigenvalue weighted by Crippen LogP contribution is -2.29. The molecule has 2 N–H and O–H groups in total. The summed E-state index contributed by atoms with van der Waals surface area (Å²) in [5, 5.41) is 0. The van der Waals surface area contributed by atoms with E-state index in [1.165, 1.54) is 18.9 Å². The second-order valence-electron chi connectivity index (χ2n) is 5.21. The van der Waals surface area contributed by atoms with Crippen molar-refractivity contribution < 1.29 is 8.78 Å². The third-order valence-corrected chi connectivity index (χ3v) is 3.91. The molecule has 3 rings (SSSR count). The van der Waals surface area contributed by atoms with Crippen LogP contribution in [-0.2, 0) is 6.54 Å². The van der Waals surface area contributed by atoms with Crippen LogP contribution in [0, 0.1) is 11.6 Å². The fraction of sp³-hybridized carbons (Fsp3) is 0.500. The molecule has 1 saturated carbocycles. The van der Waals surface area contributed by atoms with Crippen LogP contribution in [0.3, 0.4) is 0 Å². The van der Waals surface area contributed by atoms with Crippen LogP contribution in [-0.4, -0.2) is 33.6 Å². The highest BCUT2D eigenvalue weighted by Gasteiger charge is 2.27. The van der Waals surface area contributed by atoms with E-state index in [0.29, 0.717) is 18.1 Å². The molecule has 1 aromatic carbocycles. The minimum atomic E-state index is -0.874. The number of nitrogens with two attached hydrogens (primary N) is 1. The van der Waals surface area contributed by atoms with Crippen molar-refractivity contribution in [2.45, 2.75) is 32.4 Å². The highest BCUT2D eigenvalue weighted by Crippen LogP contribution is 2.27. The number of likely N-dealkylation sites (N-methyl/N-ethyl adjacent to an activating group) is 1. The Kier molecular flexibility index (Phi) is 3.33. The summed E-state index contributed by atoms with van der Waals surface area (Å²) in [4.78, 5) is 6.43. The highest BCUT2D eigenvalue weighted by molar-refractivity contribution is 5.79. The summed E-state index contributed by atoms with van der Waals surface area (Å²) < 4.78 is 28.9. The molecule has 108 valence electrons. The van der Waals surface area contributed by atoms with Gasteiger partial charge in [0.25, 0.3) is 0 Å². The zero-order valence-electron chi connectivity index (χ0n) is 11.4. The number of hydrogen-bond donors (Lipinski definition) is 1. The molecular weight excluding hydrogens is 262 g/mol. The molecule has 0 radical (unpaired) electrons. The summed E-state index contributed by atoms with van der Waals surface area (Å²) >= 11 is 0. The number of benzene rings is 1. The van der Waals surface area contributed by atoms with E-state index in [4.69, 9.17) is 5.73 Å². The van der Waals surface area contributed by atoms with Crippen LogP contribution >= 0.6 is 0 Å². The van der Waals surface area contributed by atoms with Gasteiger partial charge in [0.15, 0.2) is 11.6 Å². The summed E-state index contributed by atoms with van der Waals surface area (Å²) in [5.74, 6) is -1.51. The molecule has 1 fully saturated rings. The average Bonchev–Trinajstić information content (AvgIpc) is 3.20. The van der Waals surface area contributed by atoms with Crippen LogP contribution in [0.4, 0.5) is 14.7 Å². The van der Waals surface area contributed by atoms with E-state index in [1.54, 1.807) is 4.57 Å². The van der Waals surface area contributed by atoms with E-state index >= 15 is 0 Å². The number of nitrogens with zero attached hydrogens (tertiary/aromatic N) is 3. The molecule has 0 atom stereocenters. The molecule has 6 heteroatoms. The molecule has 4 nitrogen and oxygen atoms in total. The fourth-order valence-corrected chi connectivity index (χ4v) is 2.67. The quantitative estimate of drug-likeness (QED) is 0.914. The molecule has 1 aromatic heterocycles. The van der Waals surface area contributed by atoms with Gasteiger partial charge in [0.2, 0.25) is 5.95 Å². The second kappa shape index (κ2) is 5.01. The van der Waals surface area contributed by atoms with Gasteiger partial charge in [-0.15, -0.1) is 0 Å². The Morgan fingerprint density at radius 1 is 1.40 bits per heavy atom. The van der Waals surface area contributed by atoms with Crippen molar-refractivity contribution in [2.75, 3.05) is 18.8 Å². The van der Waals surface area contributed by atoms with Crippen molar-refractivity contribution in [1.82, 2.24) is 14.5 Å². The largest absolute Gasteiger partial charge is 0.369 e. The Morgan fingerprint density at radius 3 is 2.80 bits per heavy atom. The molecule has 0 unspecified atom stereocenters. The number of nitrogen functional groups attached to an aromatic ring is 1. The number of aromatic nitrogens is 2. The van der Waals surface area contributed by atoms with E-state index < -0.39 is 11.6 Å². The van der Waals surface area contributed by atoms with Crippen LogP contribution in [0.2, 0.25) is 0 Å². The molecule has 20 heavy (non-hydrogen) atoms. The summed E-state index contributed by atoms with van der Waals surface area (Å²) in [5.41, 5.74) is 6.40. The number of fused-ring (bicyclic) bond motifs is 1. The predicted octanol–water partition coefficient (Wildman–Crippen LogP) is 2.38. The van der Waals surface area contributed by atoms with Gasteiger partial charge < -0.3 is 10.3 Å². The topological polar surface area (TPSA) is 47.1 Å². The molecule has 1 heterocycles. The molecule has 1 aliphatic carbocycles. The minimum Gasteiger partial charge on any atom is -0.369 e. The van der Waals surface area contributed by atoms with Gasteiger partial charge in [0.1, 0.15) is 5.52 Å². The van der Waals surface area contributed by atoms with Crippen molar-refractivity contribution in [3.8, 4) is 0 Å². The first-order valence-electron chi connectivity index (χ1n) is 6.95. The standard InChI is InChI=1S/C14H18F2N4/c1-2-19(9-3-4-9)7-8-20-13-11(18-14(20)17)6-5-10(15)12(13)16/h5-6,9H,2-4,7-8H2,1H3,(H2,17,18). The second-order valence-corrected chi connectivity index (χ2v) is 5.21. The lowest BCUT2D eigenvalue weighted by atomic mass is 10.3. The maximum absolute atomic E-state index is 13.9. The first kappa shape index (κ1) is 13.3. The number of anilines is 1. The fourth-order valence-electron chi connectivity index (χ4n) is 2.67. The van der Waals surface area contributed by atoms with Gasteiger partial charge in [0, 0.05) is 19.1 Å². The van der Waals surface area contributed by atoms with Gasteiger partial charge in [-0.1, -0.05) is 6.92 Å². The lowest BCUT2D eigenvalue weighted by Gasteiger charge is -2.20. The Labute approximate surface area is 116 Å². The Hall–Kier alpha value is -1.69. The number of halogens is 2. The van der Waals surface area contributed by atoms with Gasteiger partial charge >= 0.3 is 0 Å². The SMILES string of the molecule is CCN(CCn1c(N)nc2ccc(F)c(F)c21)C1CC1. The zero-order valence-corrected chi connectivity index (χ0v) is 11.4. The summed E-state index contributed by atoms with van der Waals surface area (Å²) in [6.07, 6.45) is 2.44. The lowest BCUT2D eigenvalue weighted by molar-refractivity contribution is 0.267. The van der Waals surface area contributed by atoms with Gasteiger partial charge in [-0.25, -0.2) is 13.8 Å². The smallest absolute Gasteiger partial charge is 0.201 e. The van der Waals surface area contributed by atoms with Gasteiger partial charge in [0.05, 0.1) is 5.52 Å². The van der Waals surface area contributed by atoms with E-state index in [2.05, 4.69) is 16.8 Å². The van der Waals surface area contributed by atoms with Crippen LogP contribution in [0.25, 0.3) is 11.0 Å². The molecule has 0 aliphatic heterocycles. The molecule has 0 bridgehead atoms. The van der Waals surface area contributed by atoms with Crippen molar-refractivity contribution in [1.29, 1.82) is 0 Å². The Bertz CT molecular complexity index is 634. The maximum Gasteiger partial charge on any atom is 0.201 e. The van der Waals surface area contributed by atoms with Gasteiger partial charge in [-0.05, 0) is 31.5 Å². The Balaban J connectivity index is 1.90. The first-order chi connectivity index (χ1) is 9.61. The van der Waals surface area contributed by atoms with Crippen molar-refractivity contribution in [3.63, 3.8) is 0 Å². The van der Waals surface area contributed by atoms with Crippen LogP contribution in [0.15, 0.2) is 12.1 Å². The maximum atomic E-state index is 13.9. The molecule has 1 aliphatic rings. The molecule has 0 saturated heterocycles. The van der Waals surface area contributed by atoms with E-state index in [1.807, 2.05) is 0 Å². The third kappa shape index (κ3) is 2.24. The highest BCUT2D eigenvalue weighted by atomic mass is 19.2. The van der Waals surface area contributed by atoms with Crippen LogP contribution in [0.1, 0.15) is 19.8 Å². The van der Waals surface area contributed by atoms with E-state index in [-0.39, 0.29) is 11.5 Å². The Morgan fingerprint density at radius 2 is 2.15 bits per heavy atom. The van der Waals surface area contributed by atoms with Crippen LogP contribution < -0.4 is 5.73 Å². The summed E-state index contributed by atoms with van der Waals surface area (Å²) in [6, 6.07) is 3.17. The monoisotopic (exact) mass is 280 g/mol. The number of imidazole rings is 1.